The summed E-state index contributed by atoms with van der Waals surface area (Å²) in [6.07, 6.45) is 0.727. The van der Waals surface area contributed by atoms with Crippen molar-refractivity contribution in [3.05, 3.63) is 71.0 Å². The summed E-state index contributed by atoms with van der Waals surface area (Å²) in [6.45, 7) is 4.54. The predicted molar refractivity (Wildman–Crippen MR) is 88.6 cm³/mol. The highest BCUT2D eigenvalue weighted by Gasteiger charge is 2.18. The van der Waals surface area contributed by atoms with E-state index < -0.39 is 5.97 Å². The van der Waals surface area contributed by atoms with Gasteiger partial charge in [-0.2, -0.15) is 0 Å². The minimum absolute atomic E-state index is 0.410. The number of aromatic nitrogens is 1. The highest BCUT2D eigenvalue weighted by molar-refractivity contribution is 5.89. The monoisotopic (exact) mass is 293 g/mol. The second-order valence-electron chi connectivity index (χ2n) is 5.54. The molecule has 0 radical (unpaired) electrons. The highest BCUT2D eigenvalue weighted by Crippen LogP contribution is 2.23. The molecule has 0 saturated carbocycles. The molecule has 0 aliphatic carbocycles. The van der Waals surface area contributed by atoms with Crippen LogP contribution in [0.15, 0.2) is 48.5 Å². The molecule has 22 heavy (non-hydrogen) atoms. The van der Waals surface area contributed by atoms with Gasteiger partial charge in [-0.15, -0.1) is 0 Å². The van der Waals surface area contributed by atoms with Gasteiger partial charge in [0.25, 0.3) is 0 Å². The Labute approximate surface area is 129 Å². The van der Waals surface area contributed by atoms with Gasteiger partial charge in [-0.25, -0.2) is 4.79 Å². The molecule has 0 unspecified atom stereocenters. The summed E-state index contributed by atoms with van der Waals surface area (Å²) in [5.41, 5.74) is 3.43. The maximum atomic E-state index is 11.6. The third kappa shape index (κ3) is 2.39. The van der Waals surface area contributed by atoms with Gasteiger partial charge in [0.05, 0.1) is 0 Å². The molecular formula is C19H19NO2. The summed E-state index contributed by atoms with van der Waals surface area (Å²) >= 11 is 0. The second kappa shape index (κ2) is 5.68. The van der Waals surface area contributed by atoms with Crippen molar-refractivity contribution in [1.82, 2.24) is 4.57 Å². The first kappa shape index (κ1) is 14.4. The first-order chi connectivity index (χ1) is 10.6. The molecule has 1 N–H and O–H groups in total. The molecule has 0 bridgehead atoms. The molecule has 0 aliphatic heterocycles. The fourth-order valence-corrected chi connectivity index (χ4v) is 3.07. The van der Waals surface area contributed by atoms with E-state index in [0.717, 1.165) is 23.2 Å². The highest BCUT2D eigenvalue weighted by atomic mass is 16.4. The summed E-state index contributed by atoms with van der Waals surface area (Å²) in [4.78, 5) is 11.6. The molecule has 3 nitrogen and oxygen atoms in total. The number of hydrogen-bond acceptors (Lipinski definition) is 1. The molecule has 0 spiro atoms. The quantitative estimate of drug-likeness (QED) is 0.781. The number of carbonyl (C=O) groups is 1. The topological polar surface area (TPSA) is 42.2 Å². The Bertz CT molecular complexity index is 841. The van der Waals surface area contributed by atoms with E-state index in [1.54, 1.807) is 0 Å². The second-order valence-corrected chi connectivity index (χ2v) is 5.54. The van der Waals surface area contributed by atoms with E-state index in [0.29, 0.717) is 12.2 Å². The first-order valence-corrected chi connectivity index (χ1v) is 7.50. The maximum absolute atomic E-state index is 11.6. The van der Waals surface area contributed by atoms with Crippen molar-refractivity contribution in [1.29, 1.82) is 0 Å². The van der Waals surface area contributed by atoms with Crippen LogP contribution in [0.5, 0.6) is 0 Å². The third-order valence-corrected chi connectivity index (χ3v) is 4.17. The number of rotatable bonds is 4. The van der Waals surface area contributed by atoms with Crippen molar-refractivity contribution >= 4 is 16.7 Å². The van der Waals surface area contributed by atoms with Crippen molar-refractivity contribution in [3.8, 4) is 0 Å². The fraction of sp³-hybridized carbons (Fsp3) is 0.211. The Hall–Kier alpha value is -2.55. The Balaban J connectivity index is 2.13. The van der Waals surface area contributed by atoms with E-state index in [1.807, 2.05) is 42.7 Å². The SMILES string of the molecule is CCc1cc(C)n(Cc2cccc3ccccc23)c1C(=O)O. The molecule has 0 aliphatic rings. The van der Waals surface area contributed by atoms with Crippen molar-refractivity contribution in [2.24, 2.45) is 0 Å². The van der Waals surface area contributed by atoms with Crippen molar-refractivity contribution < 1.29 is 9.90 Å². The number of hydrogen-bond donors (Lipinski definition) is 1. The minimum Gasteiger partial charge on any atom is -0.477 e. The van der Waals surface area contributed by atoms with Crippen LogP contribution >= 0.6 is 0 Å². The van der Waals surface area contributed by atoms with Crippen LogP contribution in [-0.2, 0) is 13.0 Å². The van der Waals surface area contributed by atoms with Crippen LogP contribution in [0.1, 0.15) is 34.2 Å². The van der Waals surface area contributed by atoms with Crippen LogP contribution in [0.2, 0.25) is 0 Å². The normalized spacial score (nSPS) is 11.0. The van der Waals surface area contributed by atoms with Crippen LogP contribution in [0, 0.1) is 6.92 Å². The number of carboxylic acids is 1. The lowest BCUT2D eigenvalue weighted by atomic mass is 10.0. The van der Waals surface area contributed by atoms with Gasteiger partial charge in [0.2, 0.25) is 0 Å². The molecule has 0 atom stereocenters. The molecule has 3 rings (SSSR count). The smallest absolute Gasteiger partial charge is 0.352 e. The lowest BCUT2D eigenvalue weighted by Gasteiger charge is -2.12. The van der Waals surface area contributed by atoms with Crippen molar-refractivity contribution in [2.45, 2.75) is 26.8 Å². The Kier molecular flexibility index (Phi) is 3.72. The average molecular weight is 293 g/mol. The summed E-state index contributed by atoms with van der Waals surface area (Å²) in [5.74, 6) is -0.856. The number of benzene rings is 2. The number of carboxylic acid groups (broad SMARTS) is 1. The predicted octanol–water partition coefficient (Wildman–Crippen LogP) is 4.26. The van der Waals surface area contributed by atoms with Crippen LogP contribution in [-0.4, -0.2) is 15.6 Å². The van der Waals surface area contributed by atoms with Gasteiger partial charge >= 0.3 is 5.97 Å². The zero-order valence-electron chi connectivity index (χ0n) is 12.8. The summed E-state index contributed by atoms with van der Waals surface area (Å²) in [6, 6.07) is 16.4. The van der Waals surface area contributed by atoms with E-state index in [-0.39, 0.29) is 0 Å². The van der Waals surface area contributed by atoms with Gasteiger partial charge < -0.3 is 9.67 Å². The van der Waals surface area contributed by atoms with Gasteiger partial charge in [-0.05, 0) is 41.3 Å². The van der Waals surface area contributed by atoms with Crippen LogP contribution in [0.3, 0.4) is 0 Å². The Morgan fingerprint density at radius 3 is 2.55 bits per heavy atom. The molecule has 3 heteroatoms. The van der Waals surface area contributed by atoms with E-state index in [1.165, 1.54) is 10.8 Å². The zero-order chi connectivity index (χ0) is 15.7. The number of nitrogens with zero attached hydrogens (tertiary/aromatic N) is 1. The molecular weight excluding hydrogens is 274 g/mol. The molecule has 1 heterocycles. The van der Waals surface area contributed by atoms with Gasteiger partial charge in [-0.3, -0.25) is 0 Å². The zero-order valence-corrected chi connectivity index (χ0v) is 12.8. The molecule has 112 valence electrons. The van der Waals surface area contributed by atoms with Crippen molar-refractivity contribution in [2.75, 3.05) is 0 Å². The fourth-order valence-electron chi connectivity index (χ4n) is 3.07. The lowest BCUT2D eigenvalue weighted by Crippen LogP contribution is -2.12. The van der Waals surface area contributed by atoms with Gasteiger partial charge in [0, 0.05) is 12.2 Å². The van der Waals surface area contributed by atoms with Crippen molar-refractivity contribution in [3.63, 3.8) is 0 Å². The van der Waals surface area contributed by atoms with Crippen LogP contribution in [0.25, 0.3) is 10.8 Å². The third-order valence-electron chi connectivity index (χ3n) is 4.17. The van der Waals surface area contributed by atoms with Crippen LogP contribution < -0.4 is 0 Å². The van der Waals surface area contributed by atoms with E-state index >= 15 is 0 Å². The van der Waals surface area contributed by atoms with Gasteiger partial charge in [0.1, 0.15) is 5.69 Å². The summed E-state index contributed by atoms with van der Waals surface area (Å²) in [5, 5.41) is 11.9. The molecule has 3 aromatic rings. The molecule has 2 aromatic carbocycles. The lowest BCUT2D eigenvalue weighted by molar-refractivity contribution is 0.0684. The number of aromatic carboxylic acids is 1. The molecule has 0 saturated heterocycles. The molecule has 0 amide bonds. The van der Waals surface area contributed by atoms with E-state index in [9.17, 15) is 9.90 Å². The molecule has 0 fully saturated rings. The summed E-state index contributed by atoms with van der Waals surface area (Å²) in [7, 11) is 0. The average Bonchev–Trinajstić information content (AvgIpc) is 2.84. The number of aryl methyl sites for hydroxylation is 2. The van der Waals surface area contributed by atoms with Gasteiger partial charge in [-0.1, -0.05) is 49.4 Å². The Morgan fingerprint density at radius 1 is 1.09 bits per heavy atom. The van der Waals surface area contributed by atoms with Gasteiger partial charge in [0.15, 0.2) is 0 Å². The Morgan fingerprint density at radius 2 is 1.82 bits per heavy atom. The largest absolute Gasteiger partial charge is 0.477 e. The summed E-state index contributed by atoms with van der Waals surface area (Å²) < 4.78 is 1.91. The minimum atomic E-state index is -0.856. The van der Waals surface area contributed by atoms with Crippen LogP contribution in [0.4, 0.5) is 0 Å². The van der Waals surface area contributed by atoms with E-state index in [2.05, 4.69) is 24.3 Å². The first-order valence-electron chi connectivity index (χ1n) is 7.50. The maximum Gasteiger partial charge on any atom is 0.352 e. The number of fused-ring (bicyclic) bond motifs is 1. The molecule has 1 aromatic heterocycles. The van der Waals surface area contributed by atoms with E-state index in [4.69, 9.17) is 0 Å². The standard InChI is InChI=1S/C19H19NO2/c1-3-14-11-13(2)20(18(14)19(21)22)12-16-9-6-8-15-7-4-5-10-17(15)16/h4-11H,3,12H2,1-2H3,(H,21,22).